The molecule has 2 heterocycles. The Morgan fingerprint density at radius 2 is 0.929 bits per heavy atom. The second-order valence-electron chi connectivity index (χ2n) is 12.8. The Morgan fingerprint density at radius 1 is 0.524 bits per heavy atom. The van der Waals surface area contributed by atoms with Gasteiger partial charge in [0, 0.05) is 22.3 Å². The highest BCUT2D eigenvalue weighted by Gasteiger charge is 2.32. The van der Waals surface area contributed by atoms with Crippen molar-refractivity contribution in [3.8, 4) is 67.9 Å². The summed E-state index contributed by atoms with van der Waals surface area (Å²) in [5.41, 5.74) is 7.89. The van der Waals surface area contributed by atoms with E-state index in [0.29, 0.717) is 23.0 Å². The van der Waals surface area contributed by atoms with Crippen molar-refractivity contribution in [3.05, 3.63) is 71.8 Å². The molecule has 0 amide bonds. The van der Waals surface area contributed by atoms with Gasteiger partial charge < -0.3 is 28.4 Å². The van der Waals surface area contributed by atoms with Gasteiger partial charge in [0.15, 0.2) is 23.0 Å². The SMILES string of the molecule is COc1ccc(-c2ccc3c(c2-c2c(-c4ccc(OC)c(C(C)(C)C)c4)ccc4c2OCO4)OCO3)cc1C(C)(C)C. The average Bonchev–Trinajstić information content (AvgIpc) is 3.64. The van der Waals surface area contributed by atoms with Crippen LogP contribution in [0.4, 0.5) is 0 Å². The van der Waals surface area contributed by atoms with Gasteiger partial charge in [-0.1, -0.05) is 53.7 Å². The van der Waals surface area contributed by atoms with E-state index < -0.39 is 0 Å². The molecule has 0 radical (unpaired) electrons. The molecule has 6 rings (SSSR count). The van der Waals surface area contributed by atoms with E-state index in [-0.39, 0.29) is 24.4 Å². The highest BCUT2D eigenvalue weighted by Crippen LogP contribution is 2.56. The minimum Gasteiger partial charge on any atom is -0.496 e. The first-order valence-electron chi connectivity index (χ1n) is 14.2. The standard InChI is InChI=1S/C36H38O6/c1-35(2,3)25-17-21(9-13-27(25)37-7)23-11-15-29-33(41-19-39-29)31(23)32-24(12-16-30-34(32)42-20-40-30)22-10-14-28(38-8)26(18-22)36(4,5)6/h9-18H,19-20H2,1-8H3. The Kier molecular flexibility index (Phi) is 6.76. The van der Waals surface area contributed by atoms with Crippen LogP contribution in [0.25, 0.3) is 33.4 Å². The molecule has 2 aliphatic heterocycles. The Balaban J connectivity index is 1.67. The Bertz CT molecular complexity index is 1550. The first-order chi connectivity index (χ1) is 20.0. The minimum atomic E-state index is -0.125. The van der Waals surface area contributed by atoms with Crippen molar-refractivity contribution >= 4 is 0 Å². The van der Waals surface area contributed by atoms with E-state index in [1.807, 2.05) is 24.3 Å². The zero-order chi connectivity index (χ0) is 29.8. The monoisotopic (exact) mass is 566 g/mol. The number of methoxy groups -OCH3 is 2. The Morgan fingerprint density at radius 3 is 1.29 bits per heavy atom. The molecule has 2 aliphatic rings. The van der Waals surface area contributed by atoms with Crippen LogP contribution >= 0.6 is 0 Å². The molecule has 6 heteroatoms. The van der Waals surface area contributed by atoms with Crippen molar-refractivity contribution in [1.82, 2.24) is 0 Å². The first-order valence-corrected chi connectivity index (χ1v) is 14.2. The molecule has 0 aliphatic carbocycles. The zero-order valence-electron chi connectivity index (χ0n) is 25.6. The van der Waals surface area contributed by atoms with Gasteiger partial charge in [-0.2, -0.15) is 0 Å². The van der Waals surface area contributed by atoms with Gasteiger partial charge in [0.05, 0.1) is 14.2 Å². The summed E-state index contributed by atoms with van der Waals surface area (Å²) in [5.74, 6) is 4.50. The Labute approximate surface area is 248 Å². The maximum atomic E-state index is 6.19. The second kappa shape index (κ2) is 10.2. The third kappa shape index (κ3) is 4.69. The number of hydrogen-bond acceptors (Lipinski definition) is 6. The van der Waals surface area contributed by atoms with Gasteiger partial charge in [-0.05, 0) is 81.6 Å². The molecular weight excluding hydrogens is 528 g/mol. The van der Waals surface area contributed by atoms with Gasteiger partial charge in [0.1, 0.15) is 11.5 Å². The van der Waals surface area contributed by atoms with Crippen molar-refractivity contribution in [2.24, 2.45) is 0 Å². The molecule has 0 spiro atoms. The van der Waals surface area contributed by atoms with Crippen molar-refractivity contribution in [2.45, 2.75) is 52.4 Å². The van der Waals surface area contributed by atoms with Crippen molar-refractivity contribution in [1.29, 1.82) is 0 Å². The van der Waals surface area contributed by atoms with Crippen molar-refractivity contribution < 1.29 is 28.4 Å². The van der Waals surface area contributed by atoms with Gasteiger partial charge in [-0.25, -0.2) is 0 Å². The molecule has 6 nitrogen and oxygen atoms in total. The largest absolute Gasteiger partial charge is 0.496 e. The van der Waals surface area contributed by atoms with Crippen LogP contribution in [-0.2, 0) is 10.8 Å². The first kappa shape index (κ1) is 27.8. The van der Waals surface area contributed by atoms with Gasteiger partial charge >= 0.3 is 0 Å². The lowest BCUT2D eigenvalue weighted by molar-refractivity contribution is 0.173. The number of ether oxygens (including phenoxy) is 6. The number of rotatable bonds is 5. The lowest BCUT2D eigenvalue weighted by Gasteiger charge is -2.25. The highest BCUT2D eigenvalue weighted by atomic mass is 16.7. The van der Waals surface area contributed by atoms with Crippen LogP contribution in [0.15, 0.2) is 60.7 Å². The summed E-state index contributed by atoms with van der Waals surface area (Å²) < 4.78 is 35.7. The number of hydrogen-bond donors (Lipinski definition) is 0. The summed E-state index contributed by atoms with van der Waals surface area (Å²) in [4.78, 5) is 0. The topological polar surface area (TPSA) is 55.4 Å². The maximum Gasteiger partial charge on any atom is 0.231 e. The fraction of sp³-hybridized carbons (Fsp3) is 0.333. The highest BCUT2D eigenvalue weighted by molar-refractivity contribution is 6.00. The van der Waals surface area contributed by atoms with Gasteiger partial charge in [-0.3, -0.25) is 0 Å². The zero-order valence-corrected chi connectivity index (χ0v) is 25.6. The van der Waals surface area contributed by atoms with E-state index in [9.17, 15) is 0 Å². The summed E-state index contributed by atoms with van der Waals surface area (Å²) in [7, 11) is 3.43. The van der Waals surface area contributed by atoms with Crippen LogP contribution < -0.4 is 28.4 Å². The van der Waals surface area contributed by atoms with Gasteiger partial charge in [-0.15, -0.1) is 0 Å². The van der Waals surface area contributed by atoms with Crippen LogP contribution in [0, 0.1) is 0 Å². The minimum absolute atomic E-state index is 0.125. The maximum absolute atomic E-state index is 6.19. The molecule has 0 aromatic heterocycles. The summed E-state index contributed by atoms with van der Waals surface area (Å²) >= 11 is 0. The molecule has 0 saturated heterocycles. The van der Waals surface area contributed by atoms with Crippen LogP contribution in [0.1, 0.15) is 52.7 Å². The predicted octanol–water partition coefficient (Wildman–Crippen LogP) is 8.76. The van der Waals surface area contributed by atoms with Crippen LogP contribution in [0.3, 0.4) is 0 Å². The van der Waals surface area contributed by atoms with E-state index in [1.165, 1.54) is 0 Å². The van der Waals surface area contributed by atoms with Crippen molar-refractivity contribution in [3.63, 3.8) is 0 Å². The van der Waals surface area contributed by atoms with E-state index in [4.69, 9.17) is 28.4 Å². The molecule has 0 atom stereocenters. The number of benzene rings is 4. The van der Waals surface area contributed by atoms with Crippen LogP contribution in [0.5, 0.6) is 34.5 Å². The molecule has 218 valence electrons. The van der Waals surface area contributed by atoms with Gasteiger partial charge in [0.2, 0.25) is 13.6 Å². The smallest absolute Gasteiger partial charge is 0.231 e. The molecule has 4 aromatic carbocycles. The molecule has 0 bridgehead atoms. The lowest BCUT2D eigenvalue weighted by Crippen LogP contribution is -2.13. The normalized spacial score (nSPS) is 13.8. The Hall–Kier alpha value is -4.32. The molecular formula is C36H38O6. The van der Waals surface area contributed by atoms with E-state index in [2.05, 4.69) is 77.9 Å². The van der Waals surface area contributed by atoms with Gasteiger partial charge in [0.25, 0.3) is 0 Å². The quantitative estimate of drug-likeness (QED) is 0.241. The molecule has 0 unspecified atom stereocenters. The molecule has 0 N–H and O–H groups in total. The van der Waals surface area contributed by atoms with Crippen LogP contribution in [-0.4, -0.2) is 27.8 Å². The number of fused-ring (bicyclic) bond motifs is 2. The molecule has 4 aromatic rings. The summed E-state index contributed by atoms with van der Waals surface area (Å²) in [5, 5.41) is 0. The molecule has 42 heavy (non-hydrogen) atoms. The van der Waals surface area contributed by atoms with Crippen molar-refractivity contribution in [2.75, 3.05) is 27.8 Å². The fourth-order valence-corrected chi connectivity index (χ4v) is 5.85. The third-order valence-electron chi connectivity index (χ3n) is 7.97. The van der Waals surface area contributed by atoms with E-state index >= 15 is 0 Å². The van der Waals surface area contributed by atoms with E-state index in [0.717, 1.165) is 56.0 Å². The average molecular weight is 567 g/mol. The molecule has 0 saturated carbocycles. The lowest BCUT2D eigenvalue weighted by atomic mass is 9.81. The second-order valence-corrected chi connectivity index (χ2v) is 12.8. The molecule has 0 fully saturated rings. The third-order valence-corrected chi connectivity index (χ3v) is 7.97. The van der Waals surface area contributed by atoms with Crippen LogP contribution in [0.2, 0.25) is 0 Å². The fourth-order valence-electron chi connectivity index (χ4n) is 5.85. The van der Waals surface area contributed by atoms with E-state index in [1.54, 1.807) is 14.2 Å². The summed E-state index contributed by atoms with van der Waals surface area (Å²) in [6.45, 7) is 13.5. The summed E-state index contributed by atoms with van der Waals surface area (Å²) in [6.07, 6.45) is 0. The predicted molar refractivity (Wildman–Crippen MR) is 165 cm³/mol. The summed E-state index contributed by atoms with van der Waals surface area (Å²) in [6, 6.07) is 20.9.